The van der Waals surface area contributed by atoms with Crippen molar-refractivity contribution in [2.45, 2.75) is 175 Å². The molecule has 6 unspecified atom stereocenters. The molecule has 0 aliphatic heterocycles. The van der Waals surface area contributed by atoms with Crippen molar-refractivity contribution in [2.75, 3.05) is 34.5 Å². The number of para-hydroxylation sites is 6. The van der Waals surface area contributed by atoms with Gasteiger partial charge in [0.25, 0.3) is 0 Å². The lowest BCUT2D eigenvalue weighted by Crippen LogP contribution is -2.07. The molecule has 0 fully saturated rings. The van der Waals surface area contributed by atoms with E-state index in [2.05, 4.69) is 102 Å². The zero-order valence-corrected chi connectivity index (χ0v) is 81.3. The number of ether oxygens (including phenoxy) is 5. The van der Waals surface area contributed by atoms with Crippen LogP contribution in [0.15, 0.2) is 226 Å². The molecular weight excluding hydrogens is 1880 g/mol. The van der Waals surface area contributed by atoms with E-state index in [1.54, 1.807) is 80.7 Å². The summed E-state index contributed by atoms with van der Waals surface area (Å²) in [5, 5.41) is 40.0. The minimum absolute atomic E-state index is 0. The van der Waals surface area contributed by atoms with Crippen molar-refractivity contribution in [3.63, 3.8) is 0 Å². The number of aromatic nitrogens is 19. The van der Waals surface area contributed by atoms with Crippen LogP contribution in [0.5, 0.6) is 28.7 Å². The Hall–Kier alpha value is -13.3. The zero-order valence-electron chi connectivity index (χ0n) is 76.4. The third-order valence-corrected chi connectivity index (χ3v) is 28.2. The molecule has 6 atom stereocenters. The highest BCUT2D eigenvalue weighted by molar-refractivity contribution is 7.85. The highest BCUT2D eigenvalue weighted by Gasteiger charge is 2.24. The molecule has 0 amide bonds. The first kappa shape index (κ1) is 105. The Morgan fingerprint density at radius 2 is 0.754 bits per heavy atom. The summed E-state index contributed by atoms with van der Waals surface area (Å²) in [5.41, 5.74) is 21.4. The minimum atomic E-state index is -1.46. The monoisotopic (exact) mass is 1990 g/mol. The maximum Gasteiger partial charge on any atom is 0.199 e. The number of aliphatic hydroxyl groups excluding tert-OH is 4. The molecule has 0 spiro atoms. The molecule has 0 aliphatic rings. The van der Waals surface area contributed by atoms with Gasteiger partial charge in [-0.1, -0.05) is 82.8 Å². The van der Waals surface area contributed by atoms with Crippen LogP contribution in [0.3, 0.4) is 0 Å². The summed E-state index contributed by atoms with van der Waals surface area (Å²) in [6.07, 6.45) is 12.1. The number of nitrogens with one attached hydrogen (secondary N) is 6. The quantitative estimate of drug-likeness (QED) is 0.0180. The van der Waals surface area contributed by atoms with Gasteiger partial charge < -0.3 is 74.0 Å². The van der Waals surface area contributed by atoms with Crippen LogP contribution in [0.4, 0.5) is 0 Å². The lowest BCUT2D eigenvalue weighted by atomic mass is 10.1. The first-order chi connectivity index (χ1) is 65.9. The molecule has 0 radical (unpaired) electrons. The summed E-state index contributed by atoms with van der Waals surface area (Å²) in [4.78, 5) is 74.5. The number of methoxy groups -OCH3 is 3. The first-order valence-corrected chi connectivity index (χ1v) is 50.8. The number of aryl methyl sites for hydroxylation is 3. The van der Waals surface area contributed by atoms with E-state index < -0.39 is 64.8 Å². The topological polar surface area (TPSA) is 492 Å². The number of pyridine rings is 7. The summed E-state index contributed by atoms with van der Waals surface area (Å²) in [7, 11) is -3.33. The highest BCUT2D eigenvalue weighted by atomic mass is 32.2. The fourth-order valence-corrected chi connectivity index (χ4v) is 20.4. The van der Waals surface area contributed by atoms with Crippen LogP contribution in [0.1, 0.15) is 131 Å². The van der Waals surface area contributed by atoms with Crippen molar-refractivity contribution < 1.29 is 69.4 Å². The minimum Gasteiger partial charge on any atom is -0.496 e. The number of unbranched alkanes of at least 4 members (excludes halogenated alkanes) is 1. The van der Waals surface area contributed by atoms with Crippen LogP contribution in [0.25, 0.3) is 66.3 Å². The van der Waals surface area contributed by atoms with Gasteiger partial charge in [0.2, 0.25) is 0 Å². The van der Waals surface area contributed by atoms with Gasteiger partial charge in [0, 0.05) is 76.1 Å². The molecule has 13 heterocycles. The molecule has 18 aromatic rings. The predicted octanol–water partition coefficient (Wildman–Crippen LogP) is 15.7. The molecule has 0 saturated heterocycles. The van der Waals surface area contributed by atoms with E-state index in [1.807, 2.05) is 170 Å². The van der Waals surface area contributed by atoms with Gasteiger partial charge in [-0.15, -0.1) is 0 Å². The summed E-state index contributed by atoms with van der Waals surface area (Å²) >= 11 is 0. The molecule has 0 bridgehead atoms. The van der Waals surface area contributed by atoms with Gasteiger partial charge in [-0.2, -0.15) is 0 Å². The molecule has 138 heavy (non-hydrogen) atoms. The lowest BCUT2D eigenvalue weighted by molar-refractivity contribution is 0.271. The van der Waals surface area contributed by atoms with Crippen molar-refractivity contribution in [1.82, 2.24) is 94.7 Å². The second-order valence-electron chi connectivity index (χ2n) is 30.5. The van der Waals surface area contributed by atoms with Crippen molar-refractivity contribution in [3.8, 4) is 28.7 Å². The summed E-state index contributed by atoms with van der Waals surface area (Å²) in [5.74, 6) is 4.96. The normalized spacial score (nSPS) is 12.3. The average Bonchev–Trinajstić information content (AvgIpc) is 1.61. The summed E-state index contributed by atoms with van der Waals surface area (Å²) in [6, 6.07) is 48.5. The second-order valence-corrected chi connectivity index (χ2v) is 38.7. The molecule has 724 valence electrons. The number of aromatic amines is 6. The third-order valence-electron chi connectivity index (χ3n) is 21.2. The van der Waals surface area contributed by atoms with E-state index in [0.29, 0.717) is 129 Å². The van der Waals surface area contributed by atoms with Crippen LogP contribution < -0.4 is 23.7 Å². The molecule has 0 aliphatic carbocycles. The SMILES string of the molecule is C.C.CCCCOc1ccnc(CS(=O)c2nc3ccccc3[nH]2)c1C.CCOc1ccnc(CS(=O)c2nc3ccccc3[nH]2)c1C.COc1c(C)cnc(CS(=O)c2nc3ccc(CO)cc3[nH]2)c1CO.COc1c(C)cnc(CS(=O)c2nc3nc(CO)ccc3[nH]2)c1C.COc1ccnc(CS(=O)c2nc3ccc(C)cc3[nH]2)c1CO.O=S(Cc1ccccn1)c1nc2ccccc2[nH]1. The van der Waals surface area contributed by atoms with Gasteiger partial charge >= 0.3 is 0 Å². The fraction of sp³-hybridized carbons (Fsp3) is 0.276. The van der Waals surface area contributed by atoms with E-state index >= 15 is 0 Å². The van der Waals surface area contributed by atoms with Crippen LogP contribution in [0, 0.1) is 41.5 Å². The maximum absolute atomic E-state index is 12.7. The molecule has 0 saturated carbocycles. The van der Waals surface area contributed by atoms with Gasteiger partial charge in [-0.25, -0.2) is 34.9 Å². The Kier molecular flexibility index (Phi) is 38.6. The van der Waals surface area contributed by atoms with E-state index in [1.165, 1.54) is 14.2 Å². The Morgan fingerprint density at radius 1 is 0.333 bits per heavy atom. The van der Waals surface area contributed by atoms with Crippen LogP contribution in [-0.4, -0.2) is 175 Å². The first-order valence-electron chi connectivity index (χ1n) is 42.9. The molecular formula is C98H111N19O15S6. The Bertz CT molecular complexity index is 7240. The number of rotatable bonds is 31. The highest BCUT2D eigenvalue weighted by Crippen LogP contribution is 2.32. The van der Waals surface area contributed by atoms with E-state index in [4.69, 9.17) is 28.8 Å². The number of fused-ring (bicyclic) bond motifs is 6. The van der Waals surface area contributed by atoms with Crippen molar-refractivity contribution >= 4 is 131 Å². The molecule has 34 nitrogen and oxygen atoms in total. The van der Waals surface area contributed by atoms with E-state index in [0.717, 1.165) is 130 Å². The van der Waals surface area contributed by atoms with Gasteiger partial charge in [-0.3, -0.25) is 55.2 Å². The van der Waals surface area contributed by atoms with Gasteiger partial charge in [0.15, 0.2) is 36.6 Å². The molecule has 10 N–H and O–H groups in total. The van der Waals surface area contributed by atoms with Crippen LogP contribution in [0.2, 0.25) is 0 Å². The van der Waals surface area contributed by atoms with Crippen molar-refractivity contribution in [2.24, 2.45) is 0 Å². The molecule has 18 rings (SSSR count). The Morgan fingerprint density at radius 3 is 1.22 bits per heavy atom. The van der Waals surface area contributed by atoms with Gasteiger partial charge in [0.1, 0.15) is 28.7 Å². The van der Waals surface area contributed by atoms with Crippen LogP contribution >= 0.6 is 0 Å². The number of imidazole rings is 6. The van der Waals surface area contributed by atoms with Gasteiger partial charge in [-0.05, 0) is 169 Å². The smallest absolute Gasteiger partial charge is 0.199 e. The molecule has 13 aromatic heterocycles. The predicted molar refractivity (Wildman–Crippen MR) is 537 cm³/mol. The van der Waals surface area contributed by atoms with E-state index in [-0.39, 0.29) is 58.5 Å². The summed E-state index contributed by atoms with van der Waals surface area (Å²) < 4.78 is 103. The van der Waals surface area contributed by atoms with Gasteiger partial charge in [0.05, 0.1) is 261 Å². The summed E-state index contributed by atoms with van der Waals surface area (Å²) in [6.45, 7) is 16.2. The lowest BCUT2D eigenvalue weighted by Gasteiger charge is -2.13. The maximum atomic E-state index is 12.7. The molecule has 40 heteroatoms. The Balaban J connectivity index is 0.000000159. The number of hydrogen-bond acceptors (Lipinski definition) is 28. The standard InChI is InChI=1S/C18H21N3O2S.C17H19N3O4S.C16H18N4O3S.C16H17N3O3S.C16H17N3O2S.C13H11N3OS.2CH4/c1-3-4-11-23-17-9-10-19-16(13(17)2)12-24(22)18-20-14-7-5-6-8-15(14)21-18;1-10-6-18-15(12(8-22)16(10)24-2)9-25(23)17-19-13-4-3-11(7-21)5-14(13)20-17;1-9-6-17-13(10(2)14(9)23-3)8-24(22)16-19-12-5-4-11(7-21)18-15(12)20-16;1-10-3-4-12-13(7-10)19-16(18-12)23(21)9-14-11(8-20)15(22-2)5-6-17-14;1-3-21-15-8-9-17-14(11(15)2)10-22(20)16-18-12-6-4-5-7-13(12)19-16;17-18(9-10-5-3-4-8-14-10)13-15-11-6-1-2-7-12(11)16-13;;/h5-10H,3-4,11-12H2,1-2H3,(H,20,21);3-6,21-22H,7-9H2,1-2H3,(H,19,20);4-6,21H,7-8H2,1-3H3,(H,18,19,20);3-7,20H,8-9H2,1-2H3,(H,18,19);4-9H,3,10H2,1-2H3,(H,18,19);1-8H,9H2,(H,15,16);2*1H4. The Labute approximate surface area is 812 Å². The van der Waals surface area contributed by atoms with Crippen molar-refractivity contribution in [1.29, 1.82) is 0 Å². The number of H-pyrrole nitrogens is 6. The van der Waals surface area contributed by atoms with E-state index in [9.17, 15) is 40.6 Å². The molecule has 5 aromatic carbocycles. The third kappa shape index (κ3) is 26.7. The zero-order chi connectivity index (χ0) is 96.5. The van der Waals surface area contributed by atoms with Crippen LogP contribution in [-0.2, 0) is 126 Å². The number of nitrogens with zero attached hydrogens (tertiary/aromatic N) is 13. The number of aliphatic hydroxyl groups is 4. The fourth-order valence-electron chi connectivity index (χ4n) is 14.0. The largest absolute Gasteiger partial charge is 0.496 e. The second kappa shape index (κ2) is 50.7. The average molecular weight is 1990 g/mol. The van der Waals surface area contributed by atoms with Crippen molar-refractivity contribution in [3.05, 3.63) is 285 Å². The number of benzene rings is 5. The number of hydrogen-bond donors (Lipinski definition) is 10.